The van der Waals surface area contributed by atoms with E-state index in [1.165, 1.54) is 0 Å². The van der Waals surface area contributed by atoms with E-state index in [0.717, 1.165) is 0 Å². The van der Waals surface area contributed by atoms with E-state index in [2.05, 4.69) is 0 Å². The van der Waals surface area contributed by atoms with Gasteiger partial charge in [-0.25, -0.2) is 0 Å². The van der Waals surface area contributed by atoms with Crippen molar-refractivity contribution >= 4 is 23.2 Å². The lowest BCUT2D eigenvalue weighted by molar-refractivity contribution is 0.315. The van der Waals surface area contributed by atoms with Crippen LogP contribution in [0.15, 0.2) is 24.3 Å². The summed E-state index contributed by atoms with van der Waals surface area (Å²) in [6.07, 6.45) is 0.587. The van der Waals surface area contributed by atoms with Crippen molar-refractivity contribution in [3.05, 3.63) is 24.3 Å². The van der Waals surface area contributed by atoms with Crippen LogP contribution in [0.1, 0.15) is 6.42 Å². The first-order chi connectivity index (χ1) is 6.18. The fraction of sp³-hybridized carbons (Fsp3) is 0.333. The molecule has 4 heteroatoms. The third-order valence-electron chi connectivity index (χ3n) is 1.44. The molecule has 0 heterocycles. The second-order valence-electron chi connectivity index (χ2n) is 2.52. The van der Waals surface area contributed by atoms with Gasteiger partial charge in [-0.15, -0.1) is 23.2 Å². The van der Waals surface area contributed by atoms with Crippen molar-refractivity contribution in [2.24, 2.45) is 0 Å². The van der Waals surface area contributed by atoms with Gasteiger partial charge in [-0.2, -0.15) is 0 Å². The van der Waals surface area contributed by atoms with E-state index in [4.69, 9.17) is 33.0 Å². The molecule has 0 amide bonds. The largest absolute Gasteiger partial charge is 0.508 e. The predicted octanol–water partition coefficient (Wildman–Crippen LogP) is 2.96. The van der Waals surface area contributed by atoms with E-state index in [1.807, 2.05) is 0 Å². The fourth-order valence-electron chi connectivity index (χ4n) is 0.808. The maximum Gasteiger partial charge on any atom is 0.119 e. The quantitative estimate of drug-likeness (QED) is 0.792. The first-order valence-electron chi connectivity index (χ1n) is 3.88. The molecule has 1 aromatic carbocycles. The molecule has 1 rings (SSSR count). The van der Waals surface area contributed by atoms with Gasteiger partial charge in [0.25, 0.3) is 0 Å². The van der Waals surface area contributed by atoms with Crippen molar-refractivity contribution in [1.29, 1.82) is 0 Å². The van der Waals surface area contributed by atoms with Crippen molar-refractivity contribution in [2.45, 2.75) is 11.3 Å². The molecule has 0 spiro atoms. The zero-order valence-corrected chi connectivity index (χ0v) is 8.42. The van der Waals surface area contributed by atoms with Crippen LogP contribution in [0.25, 0.3) is 0 Å². The molecule has 0 unspecified atom stereocenters. The Bertz CT molecular complexity index is 246. The predicted molar refractivity (Wildman–Crippen MR) is 53.7 cm³/mol. The Balaban J connectivity index is 2.33. The number of phenols is 1. The summed E-state index contributed by atoms with van der Waals surface area (Å²) in [5.74, 6) is 0.923. The maximum atomic E-state index is 8.97. The Morgan fingerprint density at radius 3 is 2.38 bits per heavy atom. The zero-order valence-electron chi connectivity index (χ0n) is 6.91. The van der Waals surface area contributed by atoms with Gasteiger partial charge in [-0.3, -0.25) is 0 Å². The van der Waals surface area contributed by atoms with Crippen molar-refractivity contribution in [1.82, 2.24) is 0 Å². The van der Waals surface area contributed by atoms with Gasteiger partial charge in [0.05, 0.1) is 6.61 Å². The van der Waals surface area contributed by atoms with E-state index in [0.29, 0.717) is 18.8 Å². The van der Waals surface area contributed by atoms with Crippen LogP contribution in [0, 0.1) is 0 Å². The lowest BCUT2D eigenvalue weighted by Gasteiger charge is -2.05. The standard InChI is InChI=1S/C9H10Cl2O2/c10-9(11)5-6-13-8-3-1-7(12)2-4-8/h1-4,9,12H,5-6H2. The van der Waals surface area contributed by atoms with E-state index in [-0.39, 0.29) is 5.75 Å². The van der Waals surface area contributed by atoms with E-state index in [1.54, 1.807) is 24.3 Å². The Morgan fingerprint density at radius 1 is 1.23 bits per heavy atom. The second kappa shape index (κ2) is 5.20. The highest BCUT2D eigenvalue weighted by Gasteiger charge is 1.99. The lowest BCUT2D eigenvalue weighted by atomic mass is 10.3. The molecule has 0 atom stereocenters. The zero-order chi connectivity index (χ0) is 9.68. The van der Waals surface area contributed by atoms with Crippen LogP contribution in [0.3, 0.4) is 0 Å². The molecule has 13 heavy (non-hydrogen) atoms. The third-order valence-corrected chi connectivity index (χ3v) is 1.88. The average Bonchev–Trinajstić information content (AvgIpc) is 2.08. The summed E-state index contributed by atoms with van der Waals surface area (Å²) in [6.45, 7) is 0.475. The normalized spacial score (nSPS) is 10.4. The molecule has 0 aromatic heterocycles. The number of rotatable bonds is 4. The minimum absolute atomic E-state index is 0.222. The molecule has 0 saturated carbocycles. The number of hydrogen-bond donors (Lipinski definition) is 1. The molecular weight excluding hydrogens is 211 g/mol. The molecule has 1 N–H and O–H groups in total. The Morgan fingerprint density at radius 2 is 1.85 bits per heavy atom. The highest BCUT2D eigenvalue weighted by atomic mass is 35.5. The van der Waals surface area contributed by atoms with Crippen LogP contribution in [-0.4, -0.2) is 16.5 Å². The summed E-state index contributed by atoms with van der Waals surface area (Å²) < 4.78 is 5.29. The van der Waals surface area contributed by atoms with Crippen LogP contribution >= 0.6 is 23.2 Å². The third kappa shape index (κ3) is 4.25. The van der Waals surface area contributed by atoms with Gasteiger partial charge in [0.1, 0.15) is 16.3 Å². The molecule has 0 fully saturated rings. The summed E-state index contributed by atoms with van der Waals surface area (Å²) >= 11 is 11.0. The van der Waals surface area contributed by atoms with Gasteiger partial charge in [0.2, 0.25) is 0 Å². The van der Waals surface area contributed by atoms with Crippen LogP contribution in [0.2, 0.25) is 0 Å². The van der Waals surface area contributed by atoms with Gasteiger partial charge < -0.3 is 9.84 Å². The van der Waals surface area contributed by atoms with Gasteiger partial charge in [0, 0.05) is 6.42 Å². The smallest absolute Gasteiger partial charge is 0.119 e. The summed E-state index contributed by atoms with van der Waals surface area (Å²) in [7, 11) is 0. The number of alkyl halides is 2. The lowest BCUT2D eigenvalue weighted by Crippen LogP contribution is -2.01. The molecular formula is C9H10Cl2O2. The van der Waals surface area contributed by atoms with Crippen molar-refractivity contribution < 1.29 is 9.84 Å². The van der Waals surface area contributed by atoms with Crippen LogP contribution in [0.4, 0.5) is 0 Å². The number of ether oxygens (including phenoxy) is 1. The van der Waals surface area contributed by atoms with Crippen molar-refractivity contribution in [3.8, 4) is 11.5 Å². The molecule has 0 aliphatic rings. The highest BCUT2D eigenvalue weighted by Crippen LogP contribution is 2.16. The van der Waals surface area contributed by atoms with Gasteiger partial charge in [-0.05, 0) is 24.3 Å². The molecule has 0 aliphatic carbocycles. The Labute approximate surface area is 87.0 Å². The number of aromatic hydroxyl groups is 1. The number of phenolic OH excluding ortho intramolecular Hbond substituents is 1. The van der Waals surface area contributed by atoms with Crippen molar-refractivity contribution in [2.75, 3.05) is 6.61 Å². The molecule has 0 radical (unpaired) electrons. The van der Waals surface area contributed by atoms with Crippen LogP contribution in [-0.2, 0) is 0 Å². The second-order valence-corrected chi connectivity index (χ2v) is 3.80. The van der Waals surface area contributed by atoms with Crippen LogP contribution in [0.5, 0.6) is 11.5 Å². The van der Waals surface area contributed by atoms with Gasteiger partial charge in [0.15, 0.2) is 0 Å². The summed E-state index contributed by atoms with van der Waals surface area (Å²) in [5.41, 5.74) is 0. The summed E-state index contributed by atoms with van der Waals surface area (Å²) in [5, 5.41) is 8.97. The molecule has 0 saturated heterocycles. The van der Waals surface area contributed by atoms with Crippen molar-refractivity contribution in [3.63, 3.8) is 0 Å². The molecule has 1 aromatic rings. The molecule has 0 aliphatic heterocycles. The van der Waals surface area contributed by atoms with E-state index < -0.39 is 4.84 Å². The van der Waals surface area contributed by atoms with Crippen LogP contribution < -0.4 is 4.74 Å². The fourth-order valence-corrected chi connectivity index (χ4v) is 0.986. The maximum absolute atomic E-state index is 8.97. The topological polar surface area (TPSA) is 29.5 Å². The van der Waals surface area contributed by atoms with Gasteiger partial charge >= 0.3 is 0 Å². The van der Waals surface area contributed by atoms with E-state index in [9.17, 15) is 0 Å². The molecule has 0 bridgehead atoms. The summed E-state index contributed by atoms with van der Waals surface area (Å²) in [6, 6.07) is 6.50. The molecule has 2 nitrogen and oxygen atoms in total. The minimum Gasteiger partial charge on any atom is -0.508 e. The molecule has 72 valence electrons. The number of hydrogen-bond acceptors (Lipinski definition) is 2. The Kier molecular flexibility index (Phi) is 4.19. The van der Waals surface area contributed by atoms with E-state index >= 15 is 0 Å². The first kappa shape index (κ1) is 10.5. The first-order valence-corrected chi connectivity index (χ1v) is 4.76. The Hall–Kier alpha value is -0.600. The summed E-state index contributed by atoms with van der Waals surface area (Å²) in [4.78, 5) is -0.392. The average molecular weight is 221 g/mol. The highest BCUT2D eigenvalue weighted by molar-refractivity contribution is 6.44. The number of benzene rings is 1. The minimum atomic E-state index is -0.392. The number of halogens is 2. The van der Waals surface area contributed by atoms with Gasteiger partial charge in [-0.1, -0.05) is 0 Å². The SMILES string of the molecule is Oc1ccc(OCCC(Cl)Cl)cc1. The monoisotopic (exact) mass is 220 g/mol.